The van der Waals surface area contributed by atoms with Crippen LogP contribution in [0.5, 0.6) is 0 Å². The fourth-order valence-corrected chi connectivity index (χ4v) is 1.64. The fraction of sp³-hybridized carbons (Fsp3) is 1.00. The predicted molar refractivity (Wildman–Crippen MR) is 60.1 cm³/mol. The number of halogens is 1. The molecule has 0 aromatic carbocycles. The first-order valence-electron chi connectivity index (χ1n) is 5.13. The second kappa shape index (κ2) is 9.53. The molecule has 0 fully saturated rings. The van der Waals surface area contributed by atoms with Crippen LogP contribution in [0.4, 0.5) is 0 Å². The average Bonchev–Trinajstić information content (AvgIpc) is 2.11. The van der Waals surface area contributed by atoms with Crippen molar-refractivity contribution in [2.24, 2.45) is 0 Å². The monoisotopic (exact) mass is 235 g/mol. The van der Waals surface area contributed by atoms with Gasteiger partial charge in [-0.15, -0.1) is 0 Å². The molecule has 0 aliphatic carbocycles. The third-order valence-corrected chi connectivity index (χ3v) is 2.69. The maximum atomic E-state index is 3.46. The van der Waals surface area contributed by atoms with Gasteiger partial charge in [0.25, 0.3) is 0 Å². The number of rotatable bonds is 8. The lowest BCUT2D eigenvalue weighted by atomic mass is 10.2. The van der Waals surface area contributed by atoms with Crippen LogP contribution < -0.4 is 0 Å². The van der Waals surface area contributed by atoms with Crippen molar-refractivity contribution in [3.63, 3.8) is 0 Å². The summed E-state index contributed by atoms with van der Waals surface area (Å²) in [6, 6.07) is 0. The van der Waals surface area contributed by atoms with Gasteiger partial charge >= 0.3 is 0 Å². The van der Waals surface area contributed by atoms with E-state index in [1.54, 1.807) is 0 Å². The van der Waals surface area contributed by atoms with Crippen LogP contribution in [0.2, 0.25) is 0 Å². The maximum absolute atomic E-state index is 3.46. The predicted octanol–water partition coefficient (Wildman–Crippen LogP) is 3.28. The van der Waals surface area contributed by atoms with Crippen LogP contribution in [0.3, 0.4) is 0 Å². The highest BCUT2D eigenvalue weighted by Crippen LogP contribution is 2.00. The molecule has 0 aromatic heterocycles. The fourth-order valence-electron chi connectivity index (χ4n) is 1.24. The summed E-state index contributed by atoms with van der Waals surface area (Å²) >= 11 is 3.46. The first-order valence-corrected chi connectivity index (χ1v) is 6.25. The van der Waals surface area contributed by atoms with Gasteiger partial charge in [0.15, 0.2) is 0 Å². The Morgan fingerprint density at radius 2 is 1.67 bits per heavy atom. The van der Waals surface area contributed by atoms with Crippen LogP contribution in [0, 0.1) is 0 Å². The third-order valence-electron chi connectivity index (χ3n) is 2.13. The van der Waals surface area contributed by atoms with Crippen molar-refractivity contribution >= 4 is 15.9 Å². The summed E-state index contributed by atoms with van der Waals surface area (Å²) in [5.41, 5.74) is 0. The van der Waals surface area contributed by atoms with E-state index in [1.165, 1.54) is 45.3 Å². The molecule has 0 aliphatic heterocycles. The van der Waals surface area contributed by atoms with Gasteiger partial charge in [-0.25, -0.2) is 0 Å². The molecule has 0 aromatic rings. The largest absolute Gasteiger partial charge is 0.304 e. The van der Waals surface area contributed by atoms with E-state index in [1.807, 2.05) is 0 Å². The van der Waals surface area contributed by atoms with Crippen molar-refractivity contribution in [3.05, 3.63) is 0 Å². The Morgan fingerprint density at radius 3 is 2.17 bits per heavy atom. The molecule has 0 unspecified atom stereocenters. The minimum atomic E-state index is 1.15. The summed E-state index contributed by atoms with van der Waals surface area (Å²) in [5.74, 6) is 0. The highest BCUT2D eigenvalue weighted by Gasteiger charge is 1.99. The van der Waals surface area contributed by atoms with Gasteiger partial charge in [0.1, 0.15) is 0 Å². The Labute approximate surface area is 85.7 Å². The van der Waals surface area contributed by atoms with Crippen molar-refractivity contribution in [1.82, 2.24) is 4.90 Å². The summed E-state index contributed by atoms with van der Waals surface area (Å²) in [5, 5.41) is 1.15. The second-order valence-corrected chi connectivity index (χ2v) is 3.98. The minimum Gasteiger partial charge on any atom is -0.304 e. The van der Waals surface area contributed by atoms with E-state index in [9.17, 15) is 0 Å². The normalized spacial score (nSPS) is 11.0. The molecule has 0 bridgehead atoms. The van der Waals surface area contributed by atoms with Gasteiger partial charge in [0.2, 0.25) is 0 Å². The molecule has 0 amide bonds. The Kier molecular flexibility index (Phi) is 9.88. The number of hydrogen-bond donors (Lipinski definition) is 0. The van der Waals surface area contributed by atoms with Gasteiger partial charge in [-0.05, 0) is 38.9 Å². The lowest BCUT2D eigenvalue weighted by Gasteiger charge is -2.19. The maximum Gasteiger partial charge on any atom is 0.00317 e. The number of alkyl halides is 1. The average molecular weight is 236 g/mol. The number of unbranched alkanes of at least 4 members (excludes halogenated alkanes) is 2. The van der Waals surface area contributed by atoms with Crippen molar-refractivity contribution in [3.8, 4) is 0 Å². The molecule has 0 saturated carbocycles. The zero-order valence-electron chi connectivity index (χ0n) is 8.48. The topological polar surface area (TPSA) is 3.24 Å². The smallest absolute Gasteiger partial charge is 0.00317 e. The molecule has 0 heterocycles. The van der Waals surface area contributed by atoms with Gasteiger partial charge in [0, 0.05) is 5.33 Å². The van der Waals surface area contributed by atoms with E-state index >= 15 is 0 Å². The van der Waals surface area contributed by atoms with Crippen molar-refractivity contribution in [2.45, 2.75) is 39.5 Å². The van der Waals surface area contributed by atoms with E-state index < -0.39 is 0 Å². The quantitative estimate of drug-likeness (QED) is 0.461. The Bertz CT molecular complexity index is 85.9. The van der Waals surface area contributed by atoms with E-state index in [4.69, 9.17) is 0 Å². The molecule has 0 N–H and O–H groups in total. The zero-order chi connectivity index (χ0) is 9.23. The van der Waals surface area contributed by atoms with Crippen molar-refractivity contribution in [1.29, 1.82) is 0 Å². The number of hydrogen-bond acceptors (Lipinski definition) is 1. The molecule has 2 heteroatoms. The first-order chi connectivity index (χ1) is 5.85. The molecular formula is C10H22BrN. The van der Waals surface area contributed by atoms with E-state index in [-0.39, 0.29) is 0 Å². The zero-order valence-corrected chi connectivity index (χ0v) is 10.1. The van der Waals surface area contributed by atoms with E-state index in [2.05, 4.69) is 34.7 Å². The standard InChI is InChI=1S/C10H22BrN/c1-3-5-9-12(4-2)10-7-6-8-11/h3-10H2,1-2H3. The van der Waals surface area contributed by atoms with Gasteiger partial charge in [-0.1, -0.05) is 36.2 Å². The van der Waals surface area contributed by atoms with E-state index in [0.29, 0.717) is 0 Å². The summed E-state index contributed by atoms with van der Waals surface area (Å²) in [4.78, 5) is 2.55. The lowest BCUT2D eigenvalue weighted by Crippen LogP contribution is -2.25. The van der Waals surface area contributed by atoms with Crippen molar-refractivity contribution in [2.75, 3.05) is 25.0 Å². The molecule has 0 rings (SSSR count). The molecule has 0 spiro atoms. The Morgan fingerprint density at radius 1 is 1.00 bits per heavy atom. The van der Waals surface area contributed by atoms with Gasteiger partial charge in [-0.3, -0.25) is 0 Å². The van der Waals surface area contributed by atoms with Crippen molar-refractivity contribution < 1.29 is 0 Å². The minimum absolute atomic E-state index is 1.15. The summed E-state index contributed by atoms with van der Waals surface area (Å²) < 4.78 is 0. The van der Waals surface area contributed by atoms with Crippen LogP contribution in [-0.4, -0.2) is 29.9 Å². The first kappa shape index (κ1) is 12.4. The third kappa shape index (κ3) is 7.11. The summed E-state index contributed by atoms with van der Waals surface area (Å²) in [7, 11) is 0. The SMILES string of the molecule is CCCCN(CC)CCCCBr. The van der Waals surface area contributed by atoms with Gasteiger partial charge in [-0.2, -0.15) is 0 Å². The summed E-state index contributed by atoms with van der Waals surface area (Å²) in [6.45, 7) is 8.29. The van der Waals surface area contributed by atoms with Crippen LogP contribution in [0.25, 0.3) is 0 Å². The molecule has 1 nitrogen and oxygen atoms in total. The molecule has 0 aliphatic rings. The van der Waals surface area contributed by atoms with Gasteiger partial charge < -0.3 is 4.90 Å². The van der Waals surface area contributed by atoms with E-state index in [0.717, 1.165) is 5.33 Å². The molecule has 0 saturated heterocycles. The summed E-state index contributed by atoms with van der Waals surface area (Å²) in [6.07, 6.45) is 5.31. The van der Waals surface area contributed by atoms with Crippen LogP contribution in [0.15, 0.2) is 0 Å². The molecule has 12 heavy (non-hydrogen) atoms. The molecule has 0 radical (unpaired) electrons. The molecule has 74 valence electrons. The Hall–Kier alpha value is 0.440. The Balaban J connectivity index is 3.26. The van der Waals surface area contributed by atoms with Crippen LogP contribution in [-0.2, 0) is 0 Å². The highest BCUT2D eigenvalue weighted by molar-refractivity contribution is 9.09. The molecular weight excluding hydrogens is 214 g/mol. The molecule has 0 atom stereocenters. The number of nitrogens with zero attached hydrogens (tertiary/aromatic N) is 1. The second-order valence-electron chi connectivity index (χ2n) is 3.18. The van der Waals surface area contributed by atoms with Crippen LogP contribution in [0.1, 0.15) is 39.5 Å². The lowest BCUT2D eigenvalue weighted by molar-refractivity contribution is 0.279. The van der Waals surface area contributed by atoms with Gasteiger partial charge in [0.05, 0.1) is 0 Å². The highest BCUT2D eigenvalue weighted by atomic mass is 79.9. The van der Waals surface area contributed by atoms with Crippen LogP contribution >= 0.6 is 15.9 Å².